The Hall–Kier alpha value is -3.41. The summed E-state index contributed by atoms with van der Waals surface area (Å²) < 4.78 is 4.94. The fourth-order valence-electron chi connectivity index (χ4n) is 2.63. The molecule has 1 amide bonds. The van der Waals surface area contributed by atoms with E-state index in [1.807, 2.05) is 60.7 Å². The van der Waals surface area contributed by atoms with Gasteiger partial charge in [-0.05, 0) is 17.2 Å². The third-order valence-electron chi connectivity index (χ3n) is 3.87. The lowest BCUT2D eigenvalue weighted by atomic mass is 9.91. The first-order valence-corrected chi connectivity index (χ1v) is 7.77. The summed E-state index contributed by atoms with van der Waals surface area (Å²) in [4.78, 5) is 22.2. The van der Waals surface area contributed by atoms with Gasteiger partial charge in [-0.1, -0.05) is 60.7 Å². The van der Waals surface area contributed by atoms with E-state index >= 15 is 0 Å². The molecule has 0 atom stereocenters. The summed E-state index contributed by atoms with van der Waals surface area (Å²) in [5.74, 6) is -1.04. The van der Waals surface area contributed by atoms with Gasteiger partial charge in [0.25, 0.3) is 5.91 Å². The highest BCUT2D eigenvalue weighted by molar-refractivity contribution is 5.91. The Labute approximate surface area is 144 Å². The van der Waals surface area contributed by atoms with Crippen LogP contribution < -0.4 is 5.32 Å². The first kappa shape index (κ1) is 16.4. The third-order valence-corrected chi connectivity index (χ3v) is 3.87. The van der Waals surface area contributed by atoms with Crippen LogP contribution in [-0.4, -0.2) is 17.4 Å². The van der Waals surface area contributed by atoms with Crippen molar-refractivity contribution < 1.29 is 14.1 Å². The number of nitrogens with one attached hydrogen (secondary N) is 1. The van der Waals surface area contributed by atoms with E-state index in [0.29, 0.717) is 6.54 Å². The predicted molar refractivity (Wildman–Crippen MR) is 92.4 cm³/mol. The summed E-state index contributed by atoms with van der Waals surface area (Å²) in [5, 5.41) is 13.4. The molecule has 0 bridgehead atoms. The Morgan fingerprint density at radius 2 is 1.52 bits per heavy atom. The van der Waals surface area contributed by atoms with Gasteiger partial charge in [-0.2, -0.15) is 0 Å². The average molecular weight is 336 g/mol. The summed E-state index contributed by atoms with van der Waals surface area (Å²) in [7, 11) is 0. The van der Waals surface area contributed by atoms with Crippen LogP contribution in [0.4, 0.5) is 5.88 Å². The molecule has 25 heavy (non-hydrogen) atoms. The fraction of sp³-hybridized carbons (Fsp3) is 0.105. The van der Waals surface area contributed by atoms with E-state index in [1.165, 1.54) is 12.1 Å². The molecule has 6 heteroatoms. The van der Waals surface area contributed by atoms with Crippen molar-refractivity contribution in [3.05, 3.63) is 99.8 Å². The molecule has 0 spiro atoms. The highest BCUT2D eigenvalue weighted by Crippen LogP contribution is 2.24. The number of amides is 1. The average Bonchev–Trinajstić information content (AvgIpc) is 3.14. The number of hydrogen-bond donors (Lipinski definition) is 1. The molecule has 3 aromatic rings. The number of rotatable bonds is 6. The third kappa shape index (κ3) is 3.92. The second-order valence-corrected chi connectivity index (χ2v) is 5.48. The molecule has 6 nitrogen and oxygen atoms in total. The number of benzene rings is 2. The number of nitrogens with zero attached hydrogens (tertiary/aromatic N) is 1. The molecule has 0 unspecified atom stereocenters. The van der Waals surface area contributed by atoms with Crippen molar-refractivity contribution in [1.29, 1.82) is 0 Å². The van der Waals surface area contributed by atoms with E-state index in [-0.39, 0.29) is 11.7 Å². The summed E-state index contributed by atoms with van der Waals surface area (Å²) in [6.45, 7) is 0.349. The molecule has 0 aliphatic rings. The minimum absolute atomic E-state index is 0.0312. The van der Waals surface area contributed by atoms with Crippen LogP contribution in [0.3, 0.4) is 0 Å². The van der Waals surface area contributed by atoms with Crippen molar-refractivity contribution >= 4 is 11.8 Å². The van der Waals surface area contributed by atoms with Crippen molar-refractivity contribution in [2.24, 2.45) is 0 Å². The molecule has 126 valence electrons. The van der Waals surface area contributed by atoms with Crippen LogP contribution in [0.25, 0.3) is 0 Å². The first-order chi connectivity index (χ1) is 12.1. The van der Waals surface area contributed by atoms with Gasteiger partial charge in [-0.3, -0.25) is 14.9 Å². The minimum atomic E-state index is -0.673. The normalized spacial score (nSPS) is 10.6. The van der Waals surface area contributed by atoms with E-state index in [0.717, 1.165) is 11.1 Å². The van der Waals surface area contributed by atoms with E-state index in [4.69, 9.17) is 4.42 Å². The van der Waals surface area contributed by atoms with Crippen LogP contribution in [0.5, 0.6) is 0 Å². The summed E-state index contributed by atoms with van der Waals surface area (Å²) in [6.07, 6.45) is 0. The Morgan fingerprint density at radius 3 is 2.00 bits per heavy atom. The van der Waals surface area contributed by atoms with Gasteiger partial charge in [0.05, 0.1) is 6.07 Å². The lowest BCUT2D eigenvalue weighted by Crippen LogP contribution is -2.28. The molecule has 0 fully saturated rings. The van der Waals surface area contributed by atoms with Gasteiger partial charge in [-0.15, -0.1) is 0 Å². The molecule has 0 aliphatic carbocycles. The fourth-order valence-corrected chi connectivity index (χ4v) is 2.63. The van der Waals surface area contributed by atoms with Crippen LogP contribution >= 0.6 is 0 Å². The number of carbonyl (C=O) groups excluding carboxylic acids is 1. The summed E-state index contributed by atoms with van der Waals surface area (Å²) >= 11 is 0. The van der Waals surface area contributed by atoms with E-state index in [1.54, 1.807) is 0 Å². The van der Waals surface area contributed by atoms with Crippen LogP contribution in [0.2, 0.25) is 0 Å². The molecule has 0 saturated carbocycles. The van der Waals surface area contributed by atoms with Crippen molar-refractivity contribution in [3.63, 3.8) is 0 Å². The Balaban J connectivity index is 1.76. The molecule has 3 rings (SSSR count). The SMILES string of the molecule is O=C(NCC(c1ccccc1)c1ccccc1)c1ccc([N+](=O)[O-])o1. The van der Waals surface area contributed by atoms with Gasteiger partial charge in [0, 0.05) is 12.5 Å². The van der Waals surface area contributed by atoms with Crippen molar-refractivity contribution in [3.8, 4) is 0 Å². The zero-order valence-corrected chi connectivity index (χ0v) is 13.3. The predicted octanol–water partition coefficient (Wildman–Crippen LogP) is 3.75. The molecule has 1 N–H and O–H groups in total. The Bertz CT molecular complexity index is 820. The van der Waals surface area contributed by atoms with E-state index < -0.39 is 16.7 Å². The van der Waals surface area contributed by atoms with E-state index in [9.17, 15) is 14.9 Å². The standard InChI is InChI=1S/C19H16N2O4/c22-19(17-11-12-18(25-17)21(23)24)20-13-16(14-7-3-1-4-8-14)15-9-5-2-6-10-15/h1-12,16H,13H2,(H,20,22). The molecule has 1 aromatic heterocycles. The largest absolute Gasteiger partial charge is 0.433 e. The van der Waals surface area contributed by atoms with Crippen LogP contribution in [0.15, 0.2) is 77.2 Å². The molecule has 0 saturated heterocycles. The van der Waals surface area contributed by atoms with Gasteiger partial charge in [-0.25, -0.2) is 0 Å². The molecular weight excluding hydrogens is 320 g/mol. The van der Waals surface area contributed by atoms with Gasteiger partial charge < -0.3 is 9.73 Å². The van der Waals surface area contributed by atoms with Crippen LogP contribution in [0, 0.1) is 10.1 Å². The molecule has 0 radical (unpaired) electrons. The lowest BCUT2D eigenvalue weighted by molar-refractivity contribution is -0.402. The highest BCUT2D eigenvalue weighted by atomic mass is 16.6. The van der Waals surface area contributed by atoms with Gasteiger partial charge in [0.2, 0.25) is 0 Å². The number of carbonyl (C=O) groups is 1. The molecule has 1 heterocycles. The highest BCUT2D eigenvalue weighted by Gasteiger charge is 2.19. The minimum Gasteiger partial charge on any atom is -0.395 e. The molecule has 2 aromatic carbocycles. The summed E-state index contributed by atoms with van der Waals surface area (Å²) in [5.41, 5.74) is 2.14. The molecule has 0 aliphatic heterocycles. The van der Waals surface area contributed by atoms with Crippen molar-refractivity contribution in [1.82, 2.24) is 5.32 Å². The van der Waals surface area contributed by atoms with Gasteiger partial charge >= 0.3 is 5.88 Å². The second-order valence-electron chi connectivity index (χ2n) is 5.48. The molecular formula is C19H16N2O4. The number of hydrogen-bond acceptors (Lipinski definition) is 4. The van der Waals surface area contributed by atoms with Crippen molar-refractivity contribution in [2.75, 3.05) is 6.54 Å². The first-order valence-electron chi connectivity index (χ1n) is 7.77. The Kier molecular flexibility index (Phi) is 4.89. The topological polar surface area (TPSA) is 85.4 Å². The number of furan rings is 1. The smallest absolute Gasteiger partial charge is 0.395 e. The van der Waals surface area contributed by atoms with Gasteiger partial charge in [0.15, 0.2) is 5.76 Å². The maximum atomic E-state index is 12.2. The van der Waals surface area contributed by atoms with Gasteiger partial charge in [0.1, 0.15) is 4.92 Å². The summed E-state index contributed by atoms with van der Waals surface area (Å²) in [6, 6.07) is 22.1. The van der Waals surface area contributed by atoms with Crippen LogP contribution in [-0.2, 0) is 0 Å². The Morgan fingerprint density at radius 1 is 0.960 bits per heavy atom. The lowest BCUT2D eigenvalue weighted by Gasteiger charge is -2.18. The second kappa shape index (κ2) is 7.44. The zero-order valence-electron chi connectivity index (χ0n) is 13.3. The van der Waals surface area contributed by atoms with Crippen LogP contribution in [0.1, 0.15) is 27.6 Å². The monoisotopic (exact) mass is 336 g/mol. The maximum absolute atomic E-state index is 12.2. The van der Waals surface area contributed by atoms with Crippen molar-refractivity contribution in [2.45, 2.75) is 5.92 Å². The quantitative estimate of drug-likeness (QED) is 0.549. The zero-order chi connectivity index (χ0) is 17.6. The maximum Gasteiger partial charge on any atom is 0.433 e. The number of nitro groups is 1. The van der Waals surface area contributed by atoms with E-state index in [2.05, 4.69) is 5.32 Å².